The molecule has 4 nitrogen and oxygen atoms in total. The van der Waals surface area contributed by atoms with Gasteiger partial charge >= 0.3 is 5.97 Å². The summed E-state index contributed by atoms with van der Waals surface area (Å²) >= 11 is 0. The van der Waals surface area contributed by atoms with E-state index >= 15 is 0 Å². The zero-order chi connectivity index (χ0) is 10.8. The van der Waals surface area contributed by atoms with Crippen LogP contribution in [-0.4, -0.2) is 23.5 Å². The van der Waals surface area contributed by atoms with Gasteiger partial charge in [0, 0.05) is 13.0 Å². The molecular formula is C10H17NO3. The molecule has 0 bridgehead atoms. The SMILES string of the molecule is CC(C)(CNC(=O)CC1CC1)C(=O)O. The summed E-state index contributed by atoms with van der Waals surface area (Å²) in [6.45, 7) is 3.41. The summed E-state index contributed by atoms with van der Waals surface area (Å²) in [6, 6.07) is 0. The van der Waals surface area contributed by atoms with E-state index < -0.39 is 11.4 Å². The van der Waals surface area contributed by atoms with E-state index in [0.29, 0.717) is 12.3 Å². The third-order valence-electron chi connectivity index (χ3n) is 2.48. The second kappa shape index (κ2) is 3.98. The molecule has 0 aliphatic heterocycles. The Labute approximate surface area is 83.7 Å². The molecule has 0 unspecified atom stereocenters. The fourth-order valence-corrected chi connectivity index (χ4v) is 1.05. The molecule has 1 fully saturated rings. The Morgan fingerprint density at radius 2 is 2.00 bits per heavy atom. The molecule has 4 heteroatoms. The van der Waals surface area contributed by atoms with Crippen molar-refractivity contribution in [3.05, 3.63) is 0 Å². The Hall–Kier alpha value is -1.06. The molecule has 1 aliphatic rings. The van der Waals surface area contributed by atoms with Crippen molar-refractivity contribution in [2.75, 3.05) is 6.54 Å². The van der Waals surface area contributed by atoms with Gasteiger partial charge in [-0.15, -0.1) is 0 Å². The Morgan fingerprint density at radius 3 is 2.43 bits per heavy atom. The number of carboxylic acid groups (broad SMARTS) is 1. The molecule has 1 aliphatic carbocycles. The first kappa shape index (κ1) is 11.0. The average Bonchev–Trinajstić information content (AvgIpc) is 2.85. The number of carbonyl (C=O) groups is 2. The van der Waals surface area contributed by atoms with Crippen LogP contribution >= 0.6 is 0 Å². The molecule has 80 valence electrons. The van der Waals surface area contributed by atoms with Crippen LogP contribution in [0.1, 0.15) is 33.1 Å². The second-order valence-electron chi connectivity index (χ2n) is 4.61. The van der Waals surface area contributed by atoms with Gasteiger partial charge in [-0.3, -0.25) is 9.59 Å². The maximum atomic E-state index is 11.3. The van der Waals surface area contributed by atoms with E-state index in [1.807, 2.05) is 0 Å². The van der Waals surface area contributed by atoms with Gasteiger partial charge in [0.05, 0.1) is 5.41 Å². The molecular weight excluding hydrogens is 182 g/mol. The minimum absolute atomic E-state index is 0.0261. The van der Waals surface area contributed by atoms with Crippen LogP contribution in [0.2, 0.25) is 0 Å². The number of carboxylic acids is 1. The van der Waals surface area contributed by atoms with Gasteiger partial charge < -0.3 is 10.4 Å². The fourth-order valence-electron chi connectivity index (χ4n) is 1.05. The summed E-state index contributed by atoms with van der Waals surface area (Å²) < 4.78 is 0. The fraction of sp³-hybridized carbons (Fsp3) is 0.800. The number of hydrogen-bond acceptors (Lipinski definition) is 2. The van der Waals surface area contributed by atoms with Crippen molar-refractivity contribution in [2.24, 2.45) is 11.3 Å². The summed E-state index contributed by atoms with van der Waals surface area (Å²) in [7, 11) is 0. The zero-order valence-electron chi connectivity index (χ0n) is 8.67. The highest BCUT2D eigenvalue weighted by atomic mass is 16.4. The quantitative estimate of drug-likeness (QED) is 0.694. The molecule has 0 radical (unpaired) electrons. The minimum atomic E-state index is -0.885. The minimum Gasteiger partial charge on any atom is -0.481 e. The van der Waals surface area contributed by atoms with E-state index in [1.165, 1.54) is 0 Å². The van der Waals surface area contributed by atoms with Crippen LogP contribution in [0.4, 0.5) is 0 Å². The largest absolute Gasteiger partial charge is 0.481 e. The van der Waals surface area contributed by atoms with Crippen molar-refractivity contribution < 1.29 is 14.7 Å². The molecule has 14 heavy (non-hydrogen) atoms. The first-order valence-electron chi connectivity index (χ1n) is 4.92. The molecule has 0 aromatic rings. The van der Waals surface area contributed by atoms with Gasteiger partial charge in [-0.1, -0.05) is 0 Å². The number of carbonyl (C=O) groups excluding carboxylic acids is 1. The van der Waals surface area contributed by atoms with Gasteiger partial charge in [-0.05, 0) is 32.6 Å². The van der Waals surface area contributed by atoms with Crippen LogP contribution in [0.5, 0.6) is 0 Å². The molecule has 1 saturated carbocycles. The molecule has 1 rings (SSSR count). The number of nitrogens with one attached hydrogen (secondary N) is 1. The Kier molecular flexibility index (Phi) is 3.13. The van der Waals surface area contributed by atoms with E-state index in [2.05, 4.69) is 5.32 Å². The van der Waals surface area contributed by atoms with E-state index in [4.69, 9.17) is 5.11 Å². The lowest BCUT2D eigenvalue weighted by Crippen LogP contribution is -2.38. The van der Waals surface area contributed by atoms with Gasteiger partial charge in [0.15, 0.2) is 0 Å². The average molecular weight is 199 g/mol. The lowest BCUT2D eigenvalue weighted by molar-refractivity contribution is -0.146. The molecule has 2 N–H and O–H groups in total. The third-order valence-corrected chi connectivity index (χ3v) is 2.48. The second-order valence-corrected chi connectivity index (χ2v) is 4.61. The van der Waals surface area contributed by atoms with Gasteiger partial charge in [-0.25, -0.2) is 0 Å². The van der Waals surface area contributed by atoms with Crippen LogP contribution in [0.3, 0.4) is 0 Å². The van der Waals surface area contributed by atoms with E-state index in [1.54, 1.807) is 13.8 Å². The topological polar surface area (TPSA) is 66.4 Å². The summed E-state index contributed by atoms with van der Waals surface area (Å²) in [5, 5.41) is 11.5. The van der Waals surface area contributed by atoms with Crippen molar-refractivity contribution in [3.8, 4) is 0 Å². The lowest BCUT2D eigenvalue weighted by Gasteiger charge is -2.19. The monoisotopic (exact) mass is 199 g/mol. The lowest BCUT2D eigenvalue weighted by atomic mass is 9.94. The predicted molar refractivity (Wildman–Crippen MR) is 51.8 cm³/mol. The maximum absolute atomic E-state index is 11.3. The van der Waals surface area contributed by atoms with E-state index in [-0.39, 0.29) is 12.5 Å². The van der Waals surface area contributed by atoms with Crippen molar-refractivity contribution >= 4 is 11.9 Å². The summed E-state index contributed by atoms with van der Waals surface area (Å²) in [5.74, 6) is -0.367. The highest BCUT2D eigenvalue weighted by molar-refractivity contribution is 5.78. The molecule has 0 saturated heterocycles. The van der Waals surface area contributed by atoms with Crippen molar-refractivity contribution in [3.63, 3.8) is 0 Å². The number of rotatable bonds is 5. The molecule has 0 aromatic heterocycles. The van der Waals surface area contributed by atoms with Gasteiger partial charge in [0.1, 0.15) is 0 Å². The summed E-state index contributed by atoms with van der Waals surface area (Å²) in [4.78, 5) is 22.0. The van der Waals surface area contributed by atoms with Gasteiger partial charge in [0.25, 0.3) is 0 Å². The number of aliphatic carboxylic acids is 1. The van der Waals surface area contributed by atoms with Crippen LogP contribution in [0.15, 0.2) is 0 Å². The zero-order valence-corrected chi connectivity index (χ0v) is 8.67. The van der Waals surface area contributed by atoms with Crippen molar-refractivity contribution in [1.29, 1.82) is 0 Å². The Bertz CT molecular complexity index is 244. The summed E-state index contributed by atoms with van der Waals surface area (Å²) in [5.41, 5.74) is -0.876. The normalized spacial score (nSPS) is 16.4. The van der Waals surface area contributed by atoms with Crippen molar-refractivity contribution in [2.45, 2.75) is 33.1 Å². The molecule has 0 heterocycles. The van der Waals surface area contributed by atoms with Gasteiger partial charge in [-0.2, -0.15) is 0 Å². The highest BCUT2D eigenvalue weighted by Crippen LogP contribution is 2.32. The van der Waals surface area contributed by atoms with E-state index in [9.17, 15) is 9.59 Å². The first-order valence-corrected chi connectivity index (χ1v) is 4.92. The van der Waals surface area contributed by atoms with Crippen molar-refractivity contribution in [1.82, 2.24) is 5.32 Å². The van der Waals surface area contributed by atoms with Crippen LogP contribution < -0.4 is 5.32 Å². The predicted octanol–water partition coefficient (Wildman–Crippen LogP) is 1.01. The number of hydrogen-bond donors (Lipinski definition) is 2. The molecule has 1 amide bonds. The molecule has 0 atom stereocenters. The van der Waals surface area contributed by atoms with Crippen LogP contribution in [0.25, 0.3) is 0 Å². The molecule has 0 spiro atoms. The first-order chi connectivity index (χ1) is 6.42. The number of amides is 1. The van der Waals surface area contributed by atoms with Crippen LogP contribution in [0, 0.1) is 11.3 Å². The van der Waals surface area contributed by atoms with Crippen LogP contribution in [-0.2, 0) is 9.59 Å². The Morgan fingerprint density at radius 1 is 1.43 bits per heavy atom. The van der Waals surface area contributed by atoms with Gasteiger partial charge in [0.2, 0.25) is 5.91 Å². The highest BCUT2D eigenvalue weighted by Gasteiger charge is 2.29. The third kappa shape index (κ3) is 3.36. The van der Waals surface area contributed by atoms with E-state index in [0.717, 1.165) is 12.8 Å². The smallest absolute Gasteiger partial charge is 0.310 e. The maximum Gasteiger partial charge on any atom is 0.310 e. The Balaban J connectivity index is 2.24. The summed E-state index contributed by atoms with van der Waals surface area (Å²) in [6.07, 6.45) is 2.82. The standard InChI is InChI=1S/C10H17NO3/c1-10(2,9(13)14)6-11-8(12)5-7-3-4-7/h7H,3-6H2,1-2H3,(H,11,12)(H,13,14). The molecule has 0 aromatic carbocycles.